The van der Waals surface area contributed by atoms with Crippen LogP contribution in [0, 0.1) is 5.92 Å². The minimum atomic E-state index is -1.06. The number of hydrogen-bond donors (Lipinski definition) is 3. The molecule has 0 spiro atoms. The maximum absolute atomic E-state index is 11.9. The van der Waals surface area contributed by atoms with Gasteiger partial charge in [0.1, 0.15) is 0 Å². The molecule has 5 nitrogen and oxygen atoms in total. The van der Waals surface area contributed by atoms with Gasteiger partial charge in [-0.25, -0.2) is 9.59 Å². The molecule has 2 amide bonds. The van der Waals surface area contributed by atoms with Crippen LogP contribution in [0.5, 0.6) is 0 Å². The summed E-state index contributed by atoms with van der Waals surface area (Å²) in [5.41, 5.74) is 0.380. The predicted molar refractivity (Wildman–Crippen MR) is 79.1 cm³/mol. The van der Waals surface area contributed by atoms with E-state index in [2.05, 4.69) is 24.5 Å². The Balaban J connectivity index is 2.61. The van der Waals surface area contributed by atoms with E-state index in [1.807, 2.05) is 6.92 Å². The van der Waals surface area contributed by atoms with E-state index in [1.165, 1.54) is 6.07 Å². The average Bonchev–Trinajstić information content (AvgIpc) is 2.38. The van der Waals surface area contributed by atoms with Crippen molar-refractivity contribution in [1.82, 2.24) is 5.32 Å². The number of anilines is 1. The molecule has 0 aliphatic heterocycles. The molecule has 0 saturated heterocycles. The summed E-state index contributed by atoms with van der Waals surface area (Å²) in [6.45, 7) is 6.19. The van der Waals surface area contributed by atoms with E-state index in [0.29, 0.717) is 11.6 Å². The Hall–Kier alpha value is -2.04. The molecule has 0 aliphatic carbocycles. The Kier molecular flexibility index (Phi) is 6.03. The van der Waals surface area contributed by atoms with E-state index in [-0.39, 0.29) is 17.6 Å². The standard InChI is InChI=1S/C15H22N2O3/c1-4-10(2)9-11(3)16-15(20)17-13-8-6-5-7-12(13)14(18)19/h5-8,10-11H,4,9H2,1-3H3,(H,18,19)(H2,16,17,20). The second kappa shape index (κ2) is 7.53. The zero-order valence-corrected chi connectivity index (χ0v) is 12.1. The topological polar surface area (TPSA) is 78.4 Å². The van der Waals surface area contributed by atoms with E-state index < -0.39 is 5.97 Å². The number of carboxylic acids is 1. The summed E-state index contributed by atoms with van der Waals surface area (Å²) in [6, 6.07) is 6.00. The SMILES string of the molecule is CCC(C)CC(C)NC(=O)Nc1ccccc1C(=O)O. The molecule has 0 saturated carbocycles. The number of amides is 2. The molecule has 1 rings (SSSR count). The fourth-order valence-corrected chi connectivity index (χ4v) is 1.99. The number of hydrogen-bond acceptors (Lipinski definition) is 2. The predicted octanol–water partition coefficient (Wildman–Crippen LogP) is 3.33. The van der Waals surface area contributed by atoms with Crippen LogP contribution in [0.4, 0.5) is 10.5 Å². The first kappa shape index (κ1) is 16.0. The lowest BCUT2D eigenvalue weighted by atomic mass is 10.0. The summed E-state index contributed by atoms with van der Waals surface area (Å²) in [6.07, 6.45) is 1.96. The van der Waals surface area contributed by atoms with Gasteiger partial charge in [0.2, 0.25) is 0 Å². The van der Waals surface area contributed by atoms with Crippen LogP contribution in [-0.2, 0) is 0 Å². The van der Waals surface area contributed by atoms with Gasteiger partial charge in [-0.05, 0) is 31.4 Å². The summed E-state index contributed by atoms with van der Waals surface area (Å²) < 4.78 is 0. The van der Waals surface area contributed by atoms with Crippen molar-refractivity contribution in [3.8, 4) is 0 Å². The fourth-order valence-electron chi connectivity index (χ4n) is 1.99. The van der Waals surface area contributed by atoms with E-state index in [9.17, 15) is 9.59 Å². The molecule has 5 heteroatoms. The Labute approximate surface area is 119 Å². The minimum absolute atomic E-state index is 0.0435. The van der Waals surface area contributed by atoms with Crippen molar-refractivity contribution in [3.63, 3.8) is 0 Å². The highest BCUT2D eigenvalue weighted by molar-refractivity contribution is 5.99. The number of benzene rings is 1. The summed E-state index contributed by atoms with van der Waals surface area (Å²) in [7, 11) is 0. The molecule has 20 heavy (non-hydrogen) atoms. The Bertz CT molecular complexity index is 474. The van der Waals surface area contributed by atoms with Crippen molar-refractivity contribution in [3.05, 3.63) is 29.8 Å². The first-order chi connectivity index (χ1) is 9.43. The molecule has 2 unspecified atom stereocenters. The lowest BCUT2D eigenvalue weighted by molar-refractivity contribution is 0.0698. The van der Waals surface area contributed by atoms with E-state index in [1.54, 1.807) is 18.2 Å². The Morgan fingerprint density at radius 2 is 1.90 bits per heavy atom. The Morgan fingerprint density at radius 1 is 1.25 bits per heavy atom. The summed E-state index contributed by atoms with van der Waals surface area (Å²) in [5, 5.41) is 14.4. The molecule has 0 heterocycles. The number of aromatic carboxylic acids is 1. The number of carboxylic acid groups (broad SMARTS) is 1. The van der Waals surface area contributed by atoms with Crippen LogP contribution in [0.25, 0.3) is 0 Å². The van der Waals surface area contributed by atoms with Gasteiger partial charge in [-0.2, -0.15) is 0 Å². The van der Waals surface area contributed by atoms with E-state index >= 15 is 0 Å². The largest absolute Gasteiger partial charge is 0.478 e. The van der Waals surface area contributed by atoms with Crippen LogP contribution in [-0.4, -0.2) is 23.1 Å². The van der Waals surface area contributed by atoms with Crippen molar-refractivity contribution in [2.75, 3.05) is 5.32 Å². The molecule has 2 atom stereocenters. The molecule has 0 aliphatic rings. The number of para-hydroxylation sites is 1. The smallest absolute Gasteiger partial charge is 0.337 e. The third-order valence-electron chi connectivity index (χ3n) is 3.24. The lowest BCUT2D eigenvalue weighted by Gasteiger charge is -2.18. The second-order valence-corrected chi connectivity index (χ2v) is 5.10. The highest BCUT2D eigenvalue weighted by atomic mass is 16.4. The van der Waals surface area contributed by atoms with Crippen LogP contribution in [0.3, 0.4) is 0 Å². The van der Waals surface area contributed by atoms with Gasteiger partial charge in [-0.1, -0.05) is 32.4 Å². The maximum Gasteiger partial charge on any atom is 0.337 e. The van der Waals surface area contributed by atoms with Gasteiger partial charge < -0.3 is 15.7 Å². The van der Waals surface area contributed by atoms with Gasteiger partial charge in [0.05, 0.1) is 11.3 Å². The summed E-state index contributed by atoms with van der Waals surface area (Å²) >= 11 is 0. The van der Waals surface area contributed by atoms with Crippen LogP contribution in [0.1, 0.15) is 44.0 Å². The average molecular weight is 278 g/mol. The molecular formula is C15H22N2O3. The lowest BCUT2D eigenvalue weighted by Crippen LogP contribution is -2.37. The zero-order chi connectivity index (χ0) is 15.1. The van der Waals surface area contributed by atoms with Gasteiger partial charge in [-0.3, -0.25) is 0 Å². The molecule has 0 aromatic heterocycles. The highest BCUT2D eigenvalue weighted by Crippen LogP contribution is 2.15. The molecular weight excluding hydrogens is 256 g/mol. The molecule has 0 radical (unpaired) electrons. The van der Waals surface area contributed by atoms with Crippen LogP contribution in [0.2, 0.25) is 0 Å². The summed E-state index contributed by atoms with van der Waals surface area (Å²) in [4.78, 5) is 22.9. The molecule has 0 bridgehead atoms. The molecule has 1 aromatic carbocycles. The van der Waals surface area contributed by atoms with Crippen LogP contribution >= 0.6 is 0 Å². The third kappa shape index (κ3) is 4.91. The van der Waals surface area contributed by atoms with Crippen LogP contribution in [0.15, 0.2) is 24.3 Å². The fraction of sp³-hybridized carbons (Fsp3) is 0.467. The number of carbonyl (C=O) groups excluding carboxylic acids is 1. The summed E-state index contributed by atoms with van der Waals surface area (Å²) in [5.74, 6) is -0.523. The minimum Gasteiger partial charge on any atom is -0.478 e. The molecule has 3 N–H and O–H groups in total. The quantitative estimate of drug-likeness (QED) is 0.746. The van der Waals surface area contributed by atoms with Crippen LogP contribution < -0.4 is 10.6 Å². The van der Waals surface area contributed by atoms with Gasteiger partial charge in [0.25, 0.3) is 0 Å². The maximum atomic E-state index is 11.9. The van der Waals surface area contributed by atoms with E-state index in [4.69, 9.17) is 5.11 Å². The number of nitrogens with one attached hydrogen (secondary N) is 2. The number of rotatable bonds is 6. The number of urea groups is 1. The van der Waals surface area contributed by atoms with Crippen molar-refractivity contribution < 1.29 is 14.7 Å². The molecule has 1 aromatic rings. The first-order valence-corrected chi connectivity index (χ1v) is 6.83. The monoisotopic (exact) mass is 278 g/mol. The van der Waals surface area contributed by atoms with Crippen molar-refractivity contribution in [1.29, 1.82) is 0 Å². The van der Waals surface area contributed by atoms with Gasteiger partial charge in [0.15, 0.2) is 0 Å². The van der Waals surface area contributed by atoms with Gasteiger partial charge >= 0.3 is 12.0 Å². The van der Waals surface area contributed by atoms with Crippen molar-refractivity contribution in [2.24, 2.45) is 5.92 Å². The normalized spacial score (nSPS) is 13.3. The van der Waals surface area contributed by atoms with E-state index in [0.717, 1.165) is 12.8 Å². The molecule has 110 valence electrons. The number of carbonyl (C=O) groups is 2. The van der Waals surface area contributed by atoms with Gasteiger partial charge in [0, 0.05) is 6.04 Å². The third-order valence-corrected chi connectivity index (χ3v) is 3.24. The highest BCUT2D eigenvalue weighted by Gasteiger charge is 2.14. The van der Waals surface area contributed by atoms with Gasteiger partial charge in [-0.15, -0.1) is 0 Å². The van der Waals surface area contributed by atoms with Crippen molar-refractivity contribution in [2.45, 2.75) is 39.7 Å². The second-order valence-electron chi connectivity index (χ2n) is 5.10. The first-order valence-electron chi connectivity index (χ1n) is 6.83. The molecule has 0 fully saturated rings. The Morgan fingerprint density at radius 3 is 2.50 bits per heavy atom. The van der Waals surface area contributed by atoms with Crippen molar-refractivity contribution >= 4 is 17.7 Å². The zero-order valence-electron chi connectivity index (χ0n) is 12.1.